The van der Waals surface area contributed by atoms with Gasteiger partial charge in [0.15, 0.2) is 0 Å². The van der Waals surface area contributed by atoms with Gasteiger partial charge in [-0.3, -0.25) is 0 Å². The Labute approximate surface area is 121 Å². The molecule has 104 valence electrons. The van der Waals surface area contributed by atoms with Crippen LogP contribution in [-0.2, 0) is 6.61 Å². The van der Waals surface area contributed by atoms with Gasteiger partial charge in [0.25, 0.3) is 0 Å². The highest BCUT2D eigenvalue weighted by Crippen LogP contribution is 2.22. The topological polar surface area (TPSA) is 46.5 Å². The molecule has 0 amide bonds. The van der Waals surface area contributed by atoms with Crippen LogP contribution < -0.4 is 4.74 Å². The number of rotatable bonds is 4. The summed E-state index contributed by atoms with van der Waals surface area (Å²) < 4.78 is 32.0. The lowest BCUT2D eigenvalue weighted by Gasteiger charge is -2.09. The Morgan fingerprint density at radius 1 is 1.15 bits per heavy atom. The number of benzene rings is 2. The molecule has 20 heavy (non-hydrogen) atoms. The van der Waals surface area contributed by atoms with Crippen molar-refractivity contribution in [2.75, 3.05) is 0 Å². The average Bonchev–Trinajstić information content (AvgIpc) is 2.37. The zero-order valence-corrected chi connectivity index (χ0v) is 11.7. The van der Waals surface area contributed by atoms with Gasteiger partial charge in [-0.1, -0.05) is 22.0 Å². The van der Waals surface area contributed by atoms with Crippen molar-refractivity contribution in [3.63, 3.8) is 0 Å². The molecule has 1 N–H and O–H groups in total. The molecular weight excluding hydrogens is 334 g/mol. The summed E-state index contributed by atoms with van der Waals surface area (Å²) in [6, 6.07) is 7.30. The zero-order valence-electron chi connectivity index (χ0n) is 10.1. The second kappa shape index (κ2) is 6.00. The number of hydrogen-bond donors (Lipinski definition) is 1. The molecule has 0 saturated carbocycles. The summed E-state index contributed by atoms with van der Waals surface area (Å²) in [6.45, 7) is 0.0589. The predicted molar refractivity (Wildman–Crippen MR) is 71.8 cm³/mol. The predicted octanol–water partition coefficient (Wildman–Crippen LogP) is 4.00. The Morgan fingerprint density at radius 2 is 1.90 bits per heavy atom. The first kappa shape index (κ1) is 14.5. The maximum absolute atomic E-state index is 13.2. The van der Waals surface area contributed by atoms with Gasteiger partial charge < -0.3 is 9.84 Å². The molecule has 0 aliphatic carbocycles. The van der Waals surface area contributed by atoms with E-state index in [1.54, 1.807) is 0 Å². The number of hydrogen-bond acceptors (Lipinski definition) is 2. The zero-order chi connectivity index (χ0) is 14.7. The first-order valence-corrected chi connectivity index (χ1v) is 6.35. The van der Waals surface area contributed by atoms with E-state index < -0.39 is 11.8 Å². The summed E-state index contributed by atoms with van der Waals surface area (Å²) in [7, 11) is 0. The molecule has 0 bridgehead atoms. The SMILES string of the molecule is O=C(O)c1cc(F)cc(OCc2ccc(F)cc2Br)c1. The normalized spacial score (nSPS) is 10.3. The van der Waals surface area contributed by atoms with Crippen molar-refractivity contribution in [1.82, 2.24) is 0 Å². The van der Waals surface area contributed by atoms with Gasteiger partial charge >= 0.3 is 5.97 Å². The summed E-state index contributed by atoms with van der Waals surface area (Å²) in [5, 5.41) is 8.82. The third-order valence-corrected chi connectivity index (χ3v) is 3.27. The number of carboxylic acids is 1. The lowest BCUT2D eigenvalue weighted by molar-refractivity contribution is 0.0695. The largest absolute Gasteiger partial charge is 0.489 e. The Morgan fingerprint density at radius 3 is 2.55 bits per heavy atom. The van der Waals surface area contributed by atoms with Crippen molar-refractivity contribution in [2.45, 2.75) is 6.61 Å². The lowest BCUT2D eigenvalue weighted by Crippen LogP contribution is -2.01. The number of carboxylic acid groups (broad SMARTS) is 1. The molecule has 0 spiro atoms. The Bertz CT molecular complexity index is 659. The molecule has 3 nitrogen and oxygen atoms in total. The van der Waals surface area contributed by atoms with Crippen LogP contribution in [0.4, 0.5) is 8.78 Å². The summed E-state index contributed by atoms with van der Waals surface area (Å²) in [6.07, 6.45) is 0. The Kier molecular flexibility index (Phi) is 4.34. The summed E-state index contributed by atoms with van der Waals surface area (Å²) >= 11 is 3.18. The van der Waals surface area contributed by atoms with Gasteiger partial charge in [0.1, 0.15) is 24.0 Å². The number of carbonyl (C=O) groups is 1. The average molecular weight is 343 g/mol. The van der Waals surface area contributed by atoms with E-state index in [2.05, 4.69) is 15.9 Å². The third kappa shape index (κ3) is 3.54. The summed E-state index contributed by atoms with van der Waals surface area (Å²) in [5.41, 5.74) is 0.464. The van der Waals surface area contributed by atoms with E-state index in [-0.39, 0.29) is 23.7 Å². The van der Waals surface area contributed by atoms with Crippen LogP contribution in [0.5, 0.6) is 5.75 Å². The Balaban J connectivity index is 2.16. The molecule has 6 heteroatoms. The van der Waals surface area contributed by atoms with E-state index in [1.165, 1.54) is 24.3 Å². The van der Waals surface area contributed by atoms with Gasteiger partial charge in [-0.25, -0.2) is 13.6 Å². The molecule has 0 saturated heterocycles. The molecule has 2 aromatic rings. The van der Waals surface area contributed by atoms with Crippen molar-refractivity contribution >= 4 is 21.9 Å². The van der Waals surface area contributed by atoms with Crippen LogP contribution in [0.15, 0.2) is 40.9 Å². The van der Waals surface area contributed by atoms with Crippen molar-refractivity contribution in [2.24, 2.45) is 0 Å². The fourth-order valence-corrected chi connectivity index (χ4v) is 2.03. The quantitative estimate of drug-likeness (QED) is 0.913. The molecule has 2 aromatic carbocycles. The molecule has 0 aromatic heterocycles. The maximum atomic E-state index is 13.2. The van der Waals surface area contributed by atoms with E-state index in [9.17, 15) is 13.6 Å². The fraction of sp³-hybridized carbons (Fsp3) is 0.0714. The Hall–Kier alpha value is -1.95. The van der Waals surface area contributed by atoms with Crippen LogP contribution in [0.1, 0.15) is 15.9 Å². The van der Waals surface area contributed by atoms with E-state index in [0.29, 0.717) is 10.0 Å². The maximum Gasteiger partial charge on any atom is 0.335 e. The molecule has 0 fully saturated rings. The van der Waals surface area contributed by atoms with E-state index in [1.807, 2.05) is 0 Å². The van der Waals surface area contributed by atoms with Gasteiger partial charge in [-0.05, 0) is 24.3 Å². The standard InChI is InChI=1S/C14H9BrF2O3/c15-13-6-10(16)2-1-8(13)7-20-12-4-9(14(18)19)3-11(17)5-12/h1-6H,7H2,(H,18,19). The van der Waals surface area contributed by atoms with Gasteiger partial charge in [0.2, 0.25) is 0 Å². The molecule has 0 heterocycles. The first-order chi connectivity index (χ1) is 9.45. The minimum absolute atomic E-state index is 0.0589. The highest BCUT2D eigenvalue weighted by Gasteiger charge is 2.09. The van der Waals surface area contributed by atoms with Gasteiger partial charge in [0, 0.05) is 16.1 Å². The smallest absolute Gasteiger partial charge is 0.335 e. The van der Waals surface area contributed by atoms with Gasteiger partial charge in [0.05, 0.1) is 5.56 Å². The van der Waals surface area contributed by atoms with Crippen LogP contribution in [0.2, 0.25) is 0 Å². The molecule has 0 unspecified atom stereocenters. The van der Waals surface area contributed by atoms with E-state index in [0.717, 1.165) is 12.1 Å². The van der Waals surface area contributed by atoms with Crippen LogP contribution >= 0.6 is 15.9 Å². The van der Waals surface area contributed by atoms with Crippen LogP contribution in [0.25, 0.3) is 0 Å². The molecule has 0 aliphatic rings. The second-order valence-corrected chi connectivity index (χ2v) is 4.86. The molecule has 0 aliphatic heterocycles. The number of ether oxygens (including phenoxy) is 1. The second-order valence-electron chi connectivity index (χ2n) is 4.01. The minimum atomic E-state index is -1.24. The van der Waals surface area contributed by atoms with Gasteiger partial charge in [-0.2, -0.15) is 0 Å². The van der Waals surface area contributed by atoms with Gasteiger partial charge in [-0.15, -0.1) is 0 Å². The monoisotopic (exact) mass is 342 g/mol. The number of aromatic carboxylic acids is 1. The lowest BCUT2D eigenvalue weighted by atomic mass is 10.2. The van der Waals surface area contributed by atoms with E-state index in [4.69, 9.17) is 9.84 Å². The van der Waals surface area contributed by atoms with Crippen molar-refractivity contribution in [3.8, 4) is 5.75 Å². The highest BCUT2D eigenvalue weighted by atomic mass is 79.9. The summed E-state index contributed by atoms with van der Waals surface area (Å²) in [4.78, 5) is 10.8. The molecular formula is C14H9BrF2O3. The van der Waals surface area contributed by atoms with Crippen LogP contribution in [0, 0.1) is 11.6 Å². The highest BCUT2D eigenvalue weighted by molar-refractivity contribution is 9.10. The first-order valence-electron chi connectivity index (χ1n) is 5.56. The molecule has 0 radical (unpaired) electrons. The summed E-state index contributed by atoms with van der Waals surface area (Å²) in [5.74, 6) is -2.23. The molecule has 2 rings (SSSR count). The van der Waals surface area contributed by atoms with Crippen molar-refractivity contribution < 1.29 is 23.4 Å². The molecule has 0 atom stereocenters. The fourth-order valence-electron chi connectivity index (χ4n) is 1.57. The third-order valence-electron chi connectivity index (χ3n) is 2.53. The van der Waals surface area contributed by atoms with E-state index >= 15 is 0 Å². The minimum Gasteiger partial charge on any atom is -0.489 e. The number of halogens is 3. The van der Waals surface area contributed by atoms with Crippen LogP contribution in [0.3, 0.4) is 0 Å². The van der Waals surface area contributed by atoms with Crippen molar-refractivity contribution in [3.05, 3.63) is 63.6 Å². The van der Waals surface area contributed by atoms with Crippen molar-refractivity contribution in [1.29, 1.82) is 0 Å². The van der Waals surface area contributed by atoms with Crippen LogP contribution in [-0.4, -0.2) is 11.1 Å².